The Bertz CT molecular complexity index is 333. The van der Waals surface area contributed by atoms with E-state index in [0.29, 0.717) is 12.0 Å². The van der Waals surface area contributed by atoms with Crippen molar-refractivity contribution in [1.29, 1.82) is 0 Å². The van der Waals surface area contributed by atoms with Gasteiger partial charge < -0.3 is 14.6 Å². The number of aliphatic hydroxyl groups is 1. The van der Waals surface area contributed by atoms with E-state index in [0.717, 1.165) is 32.0 Å². The molecule has 0 saturated carbocycles. The molecule has 1 N–H and O–H groups in total. The van der Waals surface area contributed by atoms with Crippen molar-refractivity contribution in [3.8, 4) is 0 Å². The van der Waals surface area contributed by atoms with Crippen molar-refractivity contribution in [3.05, 3.63) is 11.3 Å². The summed E-state index contributed by atoms with van der Waals surface area (Å²) in [5.74, 6) is -0.748. The number of allylic oxidation sites excluding steroid dienone is 1. The number of ether oxygens (including phenoxy) is 1. The Morgan fingerprint density at radius 2 is 2.28 bits per heavy atom. The molecule has 0 aromatic carbocycles. The molecule has 0 fully saturated rings. The summed E-state index contributed by atoms with van der Waals surface area (Å²) in [4.78, 5) is 23.1. The maximum absolute atomic E-state index is 11.9. The lowest BCUT2D eigenvalue weighted by Gasteiger charge is -2.28. The van der Waals surface area contributed by atoms with Crippen LogP contribution in [0.25, 0.3) is 0 Å². The smallest absolute Gasteiger partial charge is 0.337 e. The van der Waals surface area contributed by atoms with Crippen molar-refractivity contribution in [2.24, 2.45) is 11.8 Å². The highest BCUT2D eigenvalue weighted by Crippen LogP contribution is 2.36. The number of aldehydes is 1. The zero-order valence-electron chi connectivity index (χ0n) is 11.1. The first kappa shape index (κ1) is 14.7. The van der Waals surface area contributed by atoms with Crippen LogP contribution in [0.3, 0.4) is 0 Å². The van der Waals surface area contributed by atoms with E-state index in [2.05, 4.69) is 0 Å². The molecule has 0 aromatic rings. The molecule has 2 atom stereocenters. The second kappa shape index (κ2) is 7.19. The van der Waals surface area contributed by atoms with Gasteiger partial charge in [0.2, 0.25) is 0 Å². The van der Waals surface area contributed by atoms with Gasteiger partial charge in [0.1, 0.15) is 12.0 Å². The molecule has 1 unspecified atom stereocenters. The molecule has 1 aliphatic rings. The van der Waals surface area contributed by atoms with Gasteiger partial charge in [-0.1, -0.05) is 13.3 Å². The van der Waals surface area contributed by atoms with Crippen LogP contribution in [0.1, 0.15) is 46.0 Å². The van der Waals surface area contributed by atoms with Gasteiger partial charge in [0.25, 0.3) is 0 Å². The number of carbonyl (C=O) groups is 2. The summed E-state index contributed by atoms with van der Waals surface area (Å²) in [5.41, 5.74) is 0.327. The molecular weight excluding hydrogens is 232 g/mol. The van der Waals surface area contributed by atoms with Crippen molar-refractivity contribution in [3.63, 3.8) is 0 Å². The monoisotopic (exact) mass is 254 g/mol. The van der Waals surface area contributed by atoms with E-state index >= 15 is 0 Å². The van der Waals surface area contributed by atoms with Gasteiger partial charge in [-0.05, 0) is 26.2 Å². The normalized spacial score (nSPS) is 21.6. The third-order valence-electron chi connectivity index (χ3n) is 3.42. The minimum absolute atomic E-state index is 0.104. The van der Waals surface area contributed by atoms with Crippen LogP contribution in [-0.2, 0) is 14.3 Å². The summed E-state index contributed by atoms with van der Waals surface area (Å²) in [7, 11) is 0. The van der Waals surface area contributed by atoms with E-state index in [4.69, 9.17) is 4.74 Å². The summed E-state index contributed by atoms with van der Waals surface area (Å²) in [6.45, 7) is 4.02. The maximum atomic E-state index is 11.9. The van der Waals surface area contributed by atoms with Gasteiger partial charge in [-0.25, -0.2) is 4.79 Å². The largest absolute Gasteiger partial charge is 0.512 e. The Kier molecular flexibility index (Phi) is 5.89. The van der Waals surface area contributed by atoms with Gasteiger partial charge in [0.15, 0.2) is 0 Å². The number of rotatable bonds is 6. The number of esters is 1. The Hall–Kier alpha value is -1.32. The van der Waals surface area contributed by atoms with Crippen LogP contribution < -0.4 is 0 Å². The maximum Gasteiger partial charge on any atom is 0.337 e. The van der Waals surface area contributed by atoms with E-state index in [1.165, 1.54) is 0 Å². The molecule has 18 heavy (non-hydrogen) atoms. The second-order valence-corrected chi connectivity index (χ2v) is 4.67. The Labute approximate surface area is 108 Å². The molecule has 0 spiro atoms. The van der Waals surface area contributed by atoms with E-state index in [1.807, 2.05) is 6.92 Å². The van der Waals surface area contributed by atoms with Crippen molar-refractivity contribution in [2.75, 3.05) is 6.61 Å². The minimum Gasteiger partial charge on any atom is -0.512 e. The van der Waals surface area contributed by atoms with Gasteiger partial charge in [-0.15, -0.1) is 0 Å². The molecule has 0 bridgehead atoms. The predicted molar refractivity (Wildman–Crippen MR) is 68.1 cm³/mol. The SMILES string of the molecule is CCC[C@@H](C=O)C1CCCC(O)=C1C(=O)OCC. The molecule has 102 valence electrons. The summed E-state index contributed by atoms with van der Waals surface area (Å²) in [6, 6.07) is 0. The lowest BCUT2D eigenvalue weighted by molar-refractivity contribution is -0.139. The van der Waals surface area contributed by atoms with Gasteiger partial charge in [0, 0.05) is 18.3 Å². The fraction of sp³-hybridized carbons (Fsp3) is 0.714. The van der Waals surface area contributed by atoms with E-state index in [-0.39, 0.29) is 24.2 Å². The van der Waals surface area contributed by atoms with Crippen molar-refractivity contribution < 1.29 is 19.4 Å². The number of hydrogen-bond acceptors (Lipinski definition) is 4. The lowest BCUT2D eigenvalue weighted by atomic mass is 9.76. The first-order valence-corrected chi connectivity index (χ1v) is 6.70. The molecule has 0 saturated heterocycles. The molecule has 4 nitrogen and oxygen atoms in total. The summed E-state index contributed by atoms with van der Waals surface area (Å²) in [5, 5.41) is 9.91. The minimum atomic E-state index is -0.470. The molecule has 0 amide bonds. The Balaban J connectivity index is 2.96. The second-order valence-electron chi connectivity index (χ2n) is 4.67. The standard InChI is InChI=1S/C14H22O4/c1-3-6-10(9-15)11-7-5-8-12(16)13(11)14(17)18-4-2/h9-11,16H,3-8H2,1-2H3/t10-,11?/m0/s1. The summed E-state index contributed by atoms with van der Waals surface area (Å²) in [6.07, 6.45) is 4.62. The first-order chi connectivity index (χ1) is 8.65. The topological polar surface area (TPSA) is 63.6 Å². The highest BCUT2D eigenvalue weighted by Gasteiger charge is 2.34. The number of hydrogen-bond donors (Lipinski definition) is 1. The molecule has 0 heterocycles. The average Bonchev–Trinajstić information content (AvgIpc) is 2.35. The lowest BCUT2D eigenvalue weighted by Crippen LogP contribution is -2.28. The molecule has 1 rings (SSSR count). The Morgan fingerprint density at radius 3 is 2.83 bits per heavy atom. The van der Waals surface area contributed by atoms with Crippen LogP contribution in [0, 0.1) is 11.8 Å². The zero-order valence-corrected chi connectivity index (χ0v) is 11.1. The van der Waals surface area contributed by atoms with Crippen molar-refractivity contribution in [2.45, 2.75) is 46.0 Å². The molecule has 0 aromatic heterocycles. The molecule has 0 radical (unpaired) electrons. The fourth-order valence-corrected chi connectivity index (χ4v) is 2.59. The highest BCUT2D eigenvalue weighted by molar-refractivity contribution is 5.90. The van der Waals surface area contributed by atoms with E-state index in [1.54, 1.807) is 6.92 Å². The van der Waals surface area contributed by atoms with Crippen LogP contribution in [0.4, 0.5) is 0 Å². The van der Waals surface area contributed by atoms with Crippen molar-refractivity contribution in [1.82, 2.24) is 0 Å². The third-order valence-corrected chi connectivity index (χ3v) is 3.42. The van der Waals surface area contributed by atoms with Crippen LogP contribution in [-0.4, -0.2) is 24.0 Å². The van der Waals surface area contributed by atoms with Crippen LogP contribution in [0.5, 0.6) is 0 Å². The first-order valence-electron chi connectivity index (χ1n) is 6.70. The van der Waals surface area contributed by atoms with E-state index in [9.17, 15) is 14.7 Å². The number of aliphatic hydroxyl groups excluding tert-OH is 1. The third kappa shape index (κ3) is 3.34. The van der Waals surface area contributed by atoms with Crippen LogP contribution in [0.15, 0.2) is 11.3 Å². The van der Waals surface area contributed by atoms with Crippen LogP contribution in [0.2, 0.25) is 0 Å². The van der Waals surface area contributed by atoms with E-state index < -0.39 is 5.97 Å². The predicted octanol–water partition coefficient (Wildman–Crippen LogP) is 2.78. The van der Waals surface area contributed by atoms with Gasteiger partial charge in [-0.2, -0.15) is 0 Å². The van der Waals surface area contributed by atoms with Gasteiger partial charge in [-0.3, -0.25) is 0 Å². The molecule has 0 aliphatic heterocycles. The Morgan fingerprint density at radius 1 is 1.56 bits per heavy atom. The molecule has 4 heteroatoms. The average molecular weight is 254 g/mol. The van der Waals surface area contributed by atoms with Crippen LogP contribution >= 0.6 is 0 Å². The van der Waals surface area contributed by atoms with Gasteiger partial charge >= 0.3 is 5.97 Å². The fourth-order valence-electron chi connectivity index (χ4n) is 2.59. The molecule has 1 aliphatic carbocycles. The highest BCUT2D eigenvalue weighted by atomic mass is 16.5. The molecular formula is C14H22O4. The summed E-state index contributed by atoms with van der Waals surface area (Å²) >= 11 is 0. The summed E-state index contributed by atoms with van der Waals surface area (Å²) < 4.78 is 4.98. The zero-order chi connectivity index (χ0) is 13.5. The van der Waals surface area contributed by atoms with Gasteiger partial charge in [0.05, 0.1) is 12.2 Å². The quantitative estimate of drug-likeness (QED) is 0.584. The van der Waals surface area contributed by atoms with Crippen molar-refractivity contribution >= 4 is 12.3 Å². The number of carbonyl (C=O) groups excluding carboxylic acids is 2.